The molecule has 1 aliphatic rings. The van der Waals surface area contributed by atoms with Crippen LogP contribution in [0.2, 0.25) is 0 Å². The summed E-state index contributed by atoms with van der Waals surface area (Å²) in [5, 5.41) is 0. The zero-order valence-corrected chi connectivity index (χ0v) is 9.56. The van der Waals surface area contributed by atoms with Gasteiger partial charge in [0.25, 0.3) is 0 Å². The molecule has 0 N–H and O–H groups in total. The predicted octanol–water partition coefficient (Wildman–Crippen LogP) is 3.14. The third kappa shape index (κ3) is 2.13. The van der Waals surface area contributed by atoms with Gasteiger partial charge in [0.2, 0.25) is 0 Å². The summed E-state index contributed by atoms with van der Waals surface area (Å²) in [6, 6.07) is 0. The topological polar surface area (TPSA) is 3.24 Å². The second-order valence-corrected chi connectivity index (χ2v) is 4.34. The van der Waals surface area contributed by atoms with Crippen molar-refractivity contribution in [1.29, 1.82) is 0 Å². The van der Waals surface area contributed by atoms with Crippen LogP contribution in [0.25, 0.3) is 0 Å². The number of likely N-dealkylation sites (tertiary alicyclic amines) is 1. The first-order valence-electron chi connectivity index (χ1n) is 4.37. The summed E-state index contributed by atoms with van der Waals surface area (Å²) < 4.78 is 1.23. The van der Waals surface area contributed by atoms with Crippen molar-refractivity contribution in [2.45, 2.75) is 20.3 Å². The van der Waals surface area contributed by atoms with E-state index in [-0.39, 0.29) is 0 Å². The third-order valence-corrected chi connectivity index (χ3v) is 2.90. The van der Waals surface area contributed by atoms with Crippen molar-refractivity contribution < 1.29 is 0 Å². The Hall–Kier alpha value is -0.240. The fourth-order valence-electron chi connectivity index (χ4n) is 1.65. The van der Waals surface area contributed by atoms with Crippen LogP contribution in [-0.4, -0.2) is 18.5 Å². The summed E-state index contributed by atoms with van der Waals surface area (Å²) >= 11 is 3.58. The van der Waals surface area contributed by atoms with Crippen LogP contribution in [0.15, 0.2) is 22.3 Å². The number of halogens is 1. The lowest BCUT2D eigenvalue weighted by molar-refractivity contribution is 0.446. The molecule has 0 bridgehead atoms. The number of hydrogen-bond acceptors (Lipinski definition) is 1. The molecule has 1 nitrogen and oxygen atoms in total. The molecule has 0 spiro atoms. The van der Waals surface area contributed by atoms with Crippen molar-refractivity contribution in [1.82, 2.24) is 4.90 Å². The van der Waals surface area contributed by atoms with Gasteiger partial charge in [0.05, 0.1) is 0 Å². The lowest BCUT2D eigenvalue weighted by Gasteiger charge is -2.13. The van der Waals surface area contributed by atoms with Gasteiger partial charge in [0, 0.05) is 23.8 Å². The van der Waals surface area contributed by atoms with Gasteiger partial charge >= 0.3 is 0 Å². The first kappa shape index (κ1) is 9.85. The number of nitrogens with zero attached hydrogens (tertiary/aromatic N) is 1. The van der Waals surface area contributed by atoms with E-state index >= 15 is 0 Å². The maximum Gasteiger partial charge on any atom is 0.0363 e. The molecule has 68 valence electrons. The highest BCUT2D eigenvalue weighted by Gasteiger charge is 2.21. The highest BCUT2D eigenvalue weighted by Crippen LogP contribution is 2.29. The smallest absolute Gasteiger partial charge is 0.0363 e. The SMILES string of the molecule is C/C=C\C(Br)=C1\CC(C)CN1C. The third-order valence-electron chi connectivity index (χ3n) is 2.18. The van der Waals surface area contributed by atoms with E-state index in [2.05, 4.69) is 47.0 Å². The average molecular weight is 230 g/mol. The second-order valence-electron chi connectivity index (χ2n) is 3.48. The molecule has 1 unspecified atom stereocenters. The zero-order chi connectivity index (χ0) is 9.14. The molecule has 0 radical (unpaired) electrons. The van der Waals surface area contributed by atoms with Gasteiger partial charge in [-0.3, -0.25) is 0 Å². The summed E-state index contributed by atoms with van der Waals surface area (Å²) in [6.45, 7) is 5.52. The monoisotopic (exact) mass is 229 g/mol. The van der Waals surface area contributed by atoms with E-state index < -0.39 is 0 Å². The Morgan fingerprint density at radius 3 is 2.75 bits per heavy atom. The van der Waals surface area contributed by atoms with Gasteiger partial charge < -0.3 is 4.90 Å². The molecule has 1 rings (SSSR count). The van der Waals surface area contributed by atoms with Crippen molar-refractivity contribution in [3.05, 3.63) is 22.3 Å². The second kappa shape index (κ2) is 4.13. The minimum Gasteiger partial charge on any atom is -0.377 e. The lowest BCUT2D eigenvalue weighted by atomic mass is 10.1. The van der Waals surface area contributed by atoms with E-state index in [4.69, 9.17) is 0 Å². The average Bonchev–Trinajstić information content (AvgIpc) is 2.30. The van der Waals surface area contributed by atoms with Crippen LogP contribution < -0.4 is 0 Å². The van der Waals surface area contributed by atoms with Crippen LogP contribution in [0.5, 0.6) is 0 Å². The minimum atomic E-state index is 0.794. The molecule has 0 aromatic heterocycles. The Morgan fingerprint density at radius 1 is 1.67 bits per heavy atom. The standard InChI is InChI=1S/C10H16BrN/c1-4-5-9(11)10-6-8(2)7-12(10)3/h4-5,8H,6-7H2,1-3H3/b5-4-,10-9+. The molecular formula is C10H16BrN. The van der Waals surface area contributed by atoms with E-state index in [9.17, 15) is 0 Å². The molecule has 1 saturated heterocycles. The van der Waals surface area contributed by atoms with Gasteiger partial charge in [0.15, 0.2) is 0 Å². The minimum absolute atomic E-state index is 0.794. The molecule has 0 aromatic rings. The molecule has 1 heterocycles. The van der Waals surface area contributed by atoms with Gasteiger partial charge in [-0.2, -0.15) is 0 Å². The molecule has 12 heavy (non-hydrogen) atoms. The summed E-state index contributed by atoms with van der Waals surface area (Å²) in [5.74, 6) is 0.794. The number of hydrogen-bond donors (Lipinski definition) is 0. The Morgan fingerprint density at radius 2 is 2.33 bits per heavy atom. The van der Waals surface area contributed by atoms with Gasteiger partial charge in [0.1, 0.15) is 0 Å². The van der Waals surface area contributed by atoms with Crippen LogP contribution in [-0.2, 0) is 0 Å². The van der Waals surface area contributed by atoms with Crippen molar-refractivity contribution in [2.75, 3.05) is 13.6 Å². The van der Waals surface area contributed by atoms with E-state index in [0.29, 0.717) is 0 Å². The Kier molecular flexibility index (Phi) is 3.39. The maximum absolute atomic E-state index is 3.58. The van der Waals surface area contributed by atoms with Crippen LogP contribution >= 0.6 is 15.9 Å². The van der Waals surface area contributed by atoms with E-state index in [0.717, 1.165) is 5.92 Å². The zero-order valence-electron chi connectivity index (χ0n) is 7.97. The molecule has 2 heteroatoms. The summed E-state index contributed by atoms with van der Waals surface area (Å²) in [5.41, 5.74) is 1.43. The summed E-state index contributed by atoms with van der Waals surface area (Å²) in [7, 11) is 2.16. The van der Waals surface area contributed by atoms with Crippen molar-refractivity contribution >= 4 is 15.9 Å². The summed E-state index contributed by atoms with van der Waals surface area (Å²) in [6.07, 6.45) is 5.37. The van der Waals surface area contributed by atoms with Crippen LogP contribution in [0.4, 0.5) is 0 Å². The predicted molar refractivity (Wildman–Crippen MR) is 57.2 cm³/mol. The van der Waals surface area contributed by atoms with Crippen LogP contribution in [0.3, 0.4) is 0 Å². The molecule has 1 atom stereocenters. The first-order valence-corrected chi connectivity index (χ1v) is 5.17. The largest absolute Gasteiger partial charge is 0.377 e. The quantitative estimate of drug-likeness (QED) is 0.668. The van der Waals surface area contributed by atoms with E-state index in [1.54, 1.807) is 0 Å². The van der Waals surface area contributed by atoms with Crippen molar-refractivity contribution in [2.24, 2.45) is 5.92 Å². The fraction of sp³-hybridized carbons (Fsp3) is 0.600. The molecular weight excluding hydrogens is 214 g/mol. The Bertz CT molecular complexity index is 218. The highest BCUT2D eigenvalue weighted by molar-refractivity contribution is 9.11. The number of rotatable bonds is 1. The number of allylic oxidation sites excluding steroid dienone is 4. The van der Waals surface area contributed by atoms with Gasteiger partial charge in [-0.05, 0) is 35.2 Å². The lowest BCUT2D eigenvalue weighted by Crippen LogP contribution is -2.12. The Balaban J connectivity index is 2.80. The van der Waals surface area contributed by atoms with Crippen molar-refractivity contribution in [3.8, 4) is 0 Å². The fourth-order valence-corrected chi connectivity index (χ4v) is 2.38. The highest BCUT2D eigenvalue weighted by atomic mass is 79.9. The van der Waals surface area contributed by atoms with E-state index in [1.807, 2.05) is 6.92 Å². The molecule has 1 fully saturated rings. The molecule has 0 saturated carbocycles. The molecule has 0 amide bonds. The van der Waals surface area contributed by atoms with Gasteiger partial charge in [-0.1, -0.05) is 19.1 Å². The Labute approximate surface area is 83.3 Å². The van der Waals surface area contributed by atoms with Gasteiger partial charge in [-0.15, -0.1) is 0 Å². The molecule has 0 aromatic carbocycles. The maximum atomic E-state index is 3.58. The molecule has 1 aliphatic heterocycles. The van der Waals surface area contributed by atoms with E-state index in [1.165, 1.54) is 23.1 Å². The van der Waals surface area contributed by atoms with Crippen LogP contribution in [0.1, 0.15) is 20.3 Å². The summed E-state index contributed by atoms with van der Waals surface area (Å²) in [4.78, 5) is 2.33. The molecule has 0 aliphatic carbocycles. The van der Waals surface area contributed by atoms with Gasteiger partial charge in [-0.25, -0.2) is 0 Å². The first-order chi connectivity index (χ1) is 5.65. The van der Waals surface area contributed by atoms with Crippen LogP contribution in [0, 0.1) is 5.92 Å². The normalized spacial score (nSPS) is 28.7. The van der Waals surface area contributed by atoms with Crippen molar-refractivity contribution in [3.63, 3.8) is 0 Å².